The molecule has 7 heteroatoms. The fourth-order valence-electron chi connectivity index (χ4n) is 2.04. The molecule has 4 nitrogen and oxygen atoms in total. The van der Waals surface area contributed by atoms with Gasteiger partial charge < -0.3 is 5.11 Å². The molecule has 0 spiro atoms. The van der Waals surface area contributed by atoms with Crippen molar-refractivity contribution in [1.82, 2.24) is 4.31 Å². The summed E-state index contributed by atoms with van der Waals surface area (Å²) in [6.07, 6.45) is 2.96. The average molecular weight is 338 g/mol. The van der Waals surface area contributed by atoms with Crippen molar-refractivity contribution in [2.45, 2.75) is 36.6 Å². The molecule has 20 heavy (non-hydrogen) atoms. The maximum Gasteiger partial charge on any atom is 0.244 e. The molecule has 0 saturated heterocycles. The van der Waals surface area contributed by atoms with Crippen molar-refractivity contribution in [3.63, 3.8) is 0 Å². The molecule has 2 rings (SSSR count). The standard InChI is InChI=1S/C13H17Cl2NO3S/c14-10-3-6-12(15)13(9-10)20(18,19)16(11-4-5-11)7-1-2-8-17/h3,6,9,11,17H,1-2,4-5,7-8H2. The molecule has 0 aliphatic heterocycles. The quantitative estimate of drug-likeness (QED) is 0.778. The van der Waals surface area contributed by atoms with Crippen molar-refractivity contribution < 1.29 is 13.5 Å². The van der Waals surface area contributed by atoms with E-state index in [1.54, 1.807) is 6.07 Å². The zero-order valence-electron chi connectivity index (χ0n) is 10.9. The number of aliphatic hydroxyl groups is 1. The van der Waals surface area contributed by atoms with Gasteiger partial charge in [0.25, 0.3) is 0 Å². The van der Waals surface area contributed by atoms with Crippen LogP contribution in [0.4, 0.5) is 0 Å². The fourth-order valence-corrected chi connectivity index (χ4v) is 4.50. The molecule has 0 aromatic heterocycles. The van der Waals surface area contributed by atoms with Crippen molar-refractivity contribution in [3.8, 4) is 0 Å². The normalized spacial score (nSPS) is 15.8. The Kier molecular flexibility index (Phi) is 5.31. The lowest BCUT2D eigenvalue weighted by molar-refractivity contribution is 0.275. The van der Waals surface area contributed by atoms with Gasteiger partial charge in [-0.1, -0.05) is 23.2 Å². The van der Waals surface area contributed by atoms with Gasteiger partial charge in [-0.3, -0.25) is 0 Å². The highest BCUT2D eigenvalue weighted by Crippen LogP contribution is 2.35. The Bertz CT molecular complexity index is 573. The first-order valence-corrected chi connectivity index (χ1v) is 8.74. The van der Waals surface area contributed by atoms with E-state index in [2.05, 4.69) is 0 Å². The van der Waals surface area contributed by atoms with E-state index in [1.165, 1.54) is 16.4 Å². The summed E-state index contributed by atoms with van der Waals surface area (Å²) in [5, 5.41) is 9.36. The Morgan fingerprint density at radius 1 is 1.25 bits per heavy atom. The number of aliphatic hydroxyl groups excluding tert-OH is 1. The third kappa shape index (κ3) is 3.65. The van der Waals surface area contributed by atoms with E-state index in [-0.39, 0.29) is 22.6 Å². The lowest BCUT2D eigenvalue weighted by Crippen LogP contribution is -2.34. The van der Waals surface area contributed by atoms with E-state index >= 15 is 0 Å². The van der Waals surface area contributed by atoms with E-state index < -0.39 is 10.0 Å². The van der Waals surface area contributed by atoms with Crippen molar-refractivity contribution in [3.05, 3.63) is 28.2 Å². The maximum atomic E-state index is 12.7. The monoisotopic (exact) mass is 337 g/mol. The summed E-state index contributed by atoms with van der Waals surface area (Å²) >= 11 is 11.9. The molecule has 0 heterocycles. The van der Waals surface area contributed by atoms with Crippen LogP contribution in [0.1, 0.15) is 25.7 Å². The number of halogens is 2. The minimum absolute atomic E-state index is 0.0498. The molecule has 1 saturated carbocycles. The second-order valence-corrected chi connectivity index (χ2v) is 7.55. The average Bonchev–Trinajstić information content (AvgIpc) is 3.21. The molecule has 0 atom stereocenters. The summed E-state index contributed by atoms with van der Waals surface area (Å²) < 4.78 is 26.9. The molecule has 0 amide bonds. The molecule has 112 valence electrons. The van der Waals surface area contributed by atoms with Crippen LogP contribution in [0.2, 0.25) is 10.0 Å². The van der Waals surface area contributed by atoms with Gasteiger partial charge in [-0.15, -0.1) is 0 Å². The van der Waals surface area contributed by atoms with E-state index in [0.29, 0.717) is 24.4 Å². The summed E-state index contributed by atoms with van der Waals surface area (Å²) in [6, 6.07) is 4.50. The van der Waals surface area contributed by atoms with Gasteiger partial charge in [0.05, 0.1) is 5.02 Å². The third-order valence-corrected chi connectivity index (χ3v) is 5.89. The third-order valence-electron chi connectivity index (χ3n) is 3.22. The number of unbranched alkanes of at least 4 members (excludes halogenated alkanes) is 1. The summed E-state index contributed by atoms with van der Waals surface area (Å²) in [5.74, 6) is 0. The Hall–Kier alpha value is -0.330. The van der Waals surface area contributed by atoms with E-state index in [9.17, 15) is 8.42 Å². The molecule has 1 fully saturated rings. The number of rotatable bonds is 7. The summed E-state index contributed by atoms with van der Waals surface area (Å²) in [7, 11) is -3.64. The van der Waals surface area contributed by atoms with Gasteiger partial charge in [-0.2, -0.15) is 4.31 Å². The lowest BCUT2D eigenvalue weighted by atomic mass is 10.3. The van der Waals surface area contributed by atoms with E-state index in [1.807, 2.05) is 0 Å². The smallest absolute Gasteiger partial charge is 0.244 e. The van der Waals surface area contributed by atoms with Crippen LogP contribution < -0.4 is 0 Å². The van der Waals surface area contributed by atoms with E-state index in [0.717, 1.165) is 12.8 Å². The lowest BCUT2D eigenvalue weighted by Gasteiger charge is -2.22. The molecule has 1 aliphatic carbocycles. The first kappa shape index (κ1) is 16.0. The van der Waals surface area contributed by atoms with E-state index in [4.69, 9.17) is 28.3 Å². The Morgan fingerprint density at radius 3 is 2.55 bits per heavy atom. The van der Waals surface area contributed by atoms with Gasteiger partial charge in [-0.25, -0.2) is 8.42 Å². The summed E-state index contributed by atoms with van der Waals surface area (Å²) in [4.78, 5) is 0.0579. The molecular weight excluding hydrogens is 321 g/mol. The molecular formula is C13H17Cl2NO3S. The first-order valence-electron chi connectivity index (χ1n) is 6.54. The molecule has 1 aromatic carbocycles. The van der Waals surface area contributed by atoms with Gasteiger partial charge in [0.1, 0.15) is 4.90 Å². The van der Waals surface area contributed by atoms with Crippen LogP contribution in [0.25, 0.3) is 0 Å². The molecule has 0 radical (unpaired) electrons. The molecule has 0 bridgehead atoms. The number of hydrogen-bond donors (Lipinski definition) is 1. The number of nitrogens with zero attached hydrogens (tertiary/aromatic N) is 1. The zero-order chi connectivity index (χ0) is 14.8. The van der Waals surface area contributed by atoms with Gasteiger partial charge in [-0.05, 0) is 43.9 Å². The predicted molar refractivity (Wildman–Crippen MR) is 79.7 cm³/mol. The highest BCUT2D eigenvalue weighted by Gasteiger charge is 2.38. The van der Waals surface area contributed by atoms with Crippen LogP contribution in [-0.4, -0.2) is 37.0 Å². The predicted octanol–water partition coefficient (Wildman–Crippen LogP) is 2.92. The van der Waals surface area contributed by atoms with Crippen molar-refractivity contribution in [2.24, 2.45) is 0 Å². The highest BCUT2D eigenvalue weighted by molar-refractivity contribution is 7.89. The van der Waals surface area contributed by atoms with Crippen LogP contribution in [0, 0.1) is 0 Å². The minimum atomic E-state index is -3.64. The van der Waals surface area contributed by atoms with Crippen LogP contribution in [0.15, 0.2) is 23.1 Å². The largest absolute Gasteiger partial charge is 0.396 e. The van der Waals surface area contributed by atoms with Gasteiger partial charge in [0.2, 0.25) is 10.0 Å². The zero-order valence-corrected chi connectivity index (χ0v) is 13.3. The van der Waals surface area contributed by atoms with Gasteiger partial charge in [0.15, 0.2) is 0 Å². The SMILES string of the molecule is O=S(=O)(c1cc(Cl)ccc1Cl)N(CCCCO)C1CC1. The topological polar surface area (TPSA) is 57.6 Å². The Morgan fingerprint density at radius 2 is 1.95 bits per heavy atom. The number of sulfonamides is 1. The van der Waals surface area contributed by atoms with Crippen LogP contribution in [0.5, 0.6) is 0 Å². The molecule has 1 aromatic rings. The van der Waals surface area contributed by atoms with Gasteiger partial charge >= 0.3 is 0 Å². The number of hydrogen-bond acceptors (Lipinski definition) is 3. The van der Waals surface area contributed by atoms with Crippen molar-refractivity contribution >= 4 is 33.2 Å². The summed E-state index contributed by atoms with van der Waals surface area (Å²) in [5.41, 5.74) is 0. The van der Waals surface area contributed by atoms with Crippen LogP contribution >= 0.6 is 23.2 Å². The summed E-state index contributed by atoms with van der Waals surface area (Å²) in [6.45, 7) is 0.465. The first-order chi connectivity index (χ1) is 9.46. The minimum Gasteiger partial charge on any atom is -0.396 e. The highest BCUT2D eigenvalue weighted by atomic mass is 35.5. The molecule has 0 unspecified atom stereocenters. The second-order valence-electron chi connectivity index (χ2n) is 4.85. The van der Waals surface area contributed by atoms with Crippen LogP contribution in [-0.2, 0) is 10.0 Å². The Labute approximate surface area is 129 Å². The fraction of sp³-hybridized carbons (Fsp3) is 0.538. The van der Waals surface area contributed by atoms with Gasteiger partial charge in [0, 0.05) is 24.2 Å². The van der Waals surface area contributed by atoms with Crippen molar-refractivity contribution in [1.29, 1.82) is 0 Å². The molecule has 1 aliphatic rings. The van der Waals surface area contributed by atoms with Crippen LogP contribution in [0.3, 0.4) is 0 Å². The number of benzene rings is 1. The second kappa shape index (κ2) is 6.62. The Balaban J connectivity index is 2.27. The molecule has 1 N–H and O–H groups in total. The maximum absolute atomic E-state index is 12.7. The van der Waals surface area contributed by atoms with Crippen molar-refractivity contribution in [2.75, 3.05) is 13.2 Å².